The molecule has 2 nitrogen and oxygen atoms in total. The molecule has 1 rings (SSSR count). The molecule has 0 spiro atoms. The molecule has 1 aromatic rings. The highest BCUT2D eigenvalue weighted by Crippen LogP contribution is 2.04. The summed E-state index contributed by atoms with van der Waals surface area (Å²) < 4.78 is 0. The Bertz CT molecular complexity index is 180. The topological polar surface area (TPSA) is 32.3 Å². The molecule has 2 N–H and O–H groups in total. The lowest BCUT2D eigenvalue weighted by atomic mass is 10.3. The number of halogens is 2. The van der Waals surface area contributed by atoms with Gasteiger partial charge in [-0.15, -0.1) is 12.4 Å². The largest absolute Gasteiger partial charge is 0.396 e. The third-order valence-electron chi connectivity index (χ3n) is 1.11. The van der Waals surface area contributed by atoms with E-state index in [4.69, 9.17) is 16.9 Å². The summed E-state index contributed by atoms with van der Waals surface area (Å²) in [5.74, 6) is 0. The van der Waals surface area contributed by atoms with Gasteiger partial charge in [-0.3, -0.25) is 4.84 Å². The Morgan fingerprint density at radius 3 is 2.00 bits per heavy atom. The van der Waals surface area contributed by atoms with Crippen LogP contribution in [0.25, 0.3) is 0 Å². The van der Waals surface area contributed by atoms with Crippen molar-refractivity contribution in [2.24, 2.45) is 0 Å². The Hall–Kier alpha value is -0.440. The van der Waals surface area contributed by atoms with Gasteiger partial charge in [0.15, 0.2) is 0 Å². The molecule has 0 unspecified atom stereocenters. The first-order chi connectivity index (χ1) is 5.85. The van der Waals surface area contributed by atoms with Crippen molar-refractivity contribution in [3.63, 3.8) is 0 Å². The summed E-state index contributed by atoms with van der Waals surface area (Å²) in [5.41, 5.74) is 0.925. The molecule has 0 saturated carbocycles. The number of para-hydroxylation sites is 1. The molecule has 0 fully saturated rings. The van der Waals surface area contributed by atoms with Gasteiger partial charge < -0.3 is 5.11 Å². The maximum Gasteiger partial charge on any atom is 0.0491 e. The van der Waals surface area contributed by atoms with E-state index in [1.807, 2.05) is 37.3 Å². The normalized spacial score (nSPS) is 7.62. The molecule has 0 atom stereocenters. The molecule has 0 aromatic heterocycles. The number of rotatable bonds is 2. The van der Waals surface area contributed by atoms with Crippen molar-refractivity contribution in [1.82, 2.24) is 0 Å². The van der Waals surface area contributed by atoms with Crippen LogP contribution in [0.5, 0.6) is 0 Å². The summed E-state index contributed by atoms with van der Waals surface area (Å²) in [6.45, 7) is 2.25. The smallest absolute Gasteiger partial charge is 0.0491 e. The van der Waals surface area contributed by atoms with Crippen molar-refractivity contribution in [2.75, 3.05) is 11.4 Å². The van der Waals surface area contributed by atoms with E-state index in [-0.39, 0.29) is 12.4 Å². The Balaban J connectivity index is 0. The van der Waals surface area contributed by atoms with Gasteiger partial charge in [0, 0.05) is 24.1 Å². The van der Waals surface area contributed by atoms with Gasteiger partial charge in [0.1, 0.15) is 0 Å². The van der Waals surface area contributed by atoms with Crippen LogP contribution in [0.1, 0.15) is 13.3 Å². The number of hydrogen-bond acceptors (Lipinski definition) is 2. The first-order valence-electron chi connectivity index (χ1n) is 3.87. The van der Waals surface area contributed by atoms with E-state index >= 15 is 0 Å². The fourth-order valence-electron chi connectivity index (χ4n) is 0.501. The highest BCUT2D eigenvalue weighted by Gasteiger charge is 1.79. The predicted molar refractivity (Wildman–Crippen MR) is 60.5 cm³/mol. The zero-order valence-electron chi connectivity index (χ0n) is 7.53. The molecule has 0 amide bonds. The molecule has 0 heterocycles. The van der Waals surface area contributed by atoms with Crippen LogP contribution in [0, 0.1) is 0 Å². The van der Waals surface area contributed by atoms with Gasteiger partial charge in [0.25, 0.3) is 0 Å². The second-order valence-corrected chi connectivity index (χ2v) is 2.37. The summed E-state index contributed by atoms with van der Waals surface area (Å²) in [7, 11) is 0. The Morgan fingerprint density at radius 2 is 1.77 bits per heavy atom. The Kier molecular flexibility index (Phi) is 13.4. The number of nitrogens with one attached hydrogen (secondary N) is 1. The quantitative estimate of drug-likeness (QED) is 0.756. The second-order valence-electron chi connectivity index (χ2n) is 2.18. The minimum atomic E-state index is 0. The molecule has 1 aromatic carbocycles. The molecule has 76 valence electrons. The van der Waals surface area contributed by atoms with Crippen molar-refractivity contribution < 1.29 is 5.11 Å². The van der Waals surface area contributed by atoms with E-state index in [0.717, 1.165) is 12.1 Å². The average molecular weight is 224 g/mol. The maximum absolute atomic E-state index is 7.88. The van der Waals surface area contributed by atoms with Gasteiger partial charge in [-0.05, 0) is 18.6 Å². The highest BCUT2D eigenvalue weighted by atomic mass is 35.5. The lowest BCUT2D eigenvalue weighted by Gasteiger charge is -1.91. The minimum absolute atomic E-state index is 0. The fourth-order valence-corrected chi connectivity index (χ4v) is 0.627. The number of benzene rings is 1. The van der Waals surface area contributed by atoms with Crippen molar-refractivity contribution in [2.45, 2.75) is 13.3 Å². The van der Waals surface area contributed by atoms with E-state index in [9.17, 15) is 0 Å². The van der Waals surface area contributed by atoms with Gasteiger partial charge >= 0.3 is 0 Å². The zero-order valence-corrected chi connectivity index (χ0v) is 9.11. The number of hydrogen-bond donors (Lipinski definition) is 2. The summed E-state index contributed by atoms with van der Waals surface area (Å²) >= 11 is 5.28. The van der Waals surface area contributed by atoms with Crippen LogP contribution in [0.15, 0.2) is 30.3 Å². The molecule has 0 radical (unpaired) electrons. The van der Waals surface area contributed by atoms with Crippen LogP contribution >= 0.6 is 24.2 Å². The number of anilines is 1. The predicted octanol–water partition coefficient (Wildman–Crippen LogP) is 3.06. The van der Waals surface area contributed by atoms with Crippen molar-refractivity contribution in [3.05, 3.63) is 30.3 Å². The molecule has 0 aliphatic rings. The van der Waals surface area contributed by atoms with E-state index in [0.29, 0.717) is 6.61 Å². The van der Waals surface area contributed by atoms with Crippen LogP contribution in [0.4, 0.5) is 5.69 Å². The molecule has 0 bridgehead atoms. The lowest BCUT2D eigenvalue weighted by Crippen LogP contribution is -1.75. The number of aliphatic hydroxyl groups is 1. The van der Waals surface area contributed by atoms with Gasteiger partial charge in [0.05, 0.1) is 0 Å². The fraction of sp³-hybridized carbons (Fsp3) is 0.333. The standard InChI is InChI=1S/C6H6ClN.C3H8O.ClH/c7-8-6-4-2-1-3-5-6;1-2-3-4;/h1-5,8H;4H,2-3H2,1H3;1H. The summed E-state index contributed by atoms with van der Waals surface area (Å²) in [5, 5.41) is 7.88. The van der Waals surface area contributed by atoms with Crippen molar-refractivity contribution in [3.8, 4) is 0 Å². The molecule has 13 heavy (non-hydrogen) atoms. The second kappa shape index (κ2) is 11.6. The van der Waals surface area contributed by atoms with Gasteiger partial charge in [-0.2, -0.15) is 0 Å². The van der Waals surface area contributed by atoms with Gasteiger partial charge in [-0.25, -0.2) is 0 Å². The molecule has 0 aliphatic heterocycles. The summed E-state index contributed by atoms with van der Waals surface area (Å²) in [4.78, 5) is 2.50. The van der Waals surface area contributed by atoms with Crippen LogP contribution < -0.4 is 4.84 Å². The van der Waals surface area contributed by atoms with E-state index in [1.54, 1.807) is 0 Å². The molecule has 0 saturated heterocycles. The molecular formula is C9H15Cl2NO. The molecule has 0 aliphatic carbocycles. The van der Waals surface area contributed by atoms with Gasteiger partial charge in [0.2, 0.25) is 0 Å². The summed E-state index contributed by atoms with van der Waals surface area (Å²) in [6.07, 6.45) is 0.875. The minimum Gasteiger partial charge on any atom is -0.396 e. The average Bonchev–Trinajstić information content (AvgIpc) is 2.19. The van der Waals surface area contributed by atoms with E-state index in [1.165, 1.54) is 0 Å². The SMILES string of the molecule is CCCO.Cl.ClNc1ccccc1. The van der Waals surface area contributed by atoms with E-state index in [2.05, 4.69) is 4.84 Å². The first-order valence-corrected chi connectivity index (χ1v) is 4.25. The Morgan fingerprint density at radius 1 is 1.31 bits per heavy atom. The van der Waals surface area contributed by atoms with Crippen LogP contribution in [0.2, 0.25) is 0 Å². The summed E-state index contributed by atoms with van der Waals surface area (Å²) in [6, 6.07) is 9.58. The van der Waals surface area contributed by atoms with Gasteiger partial charge in [-0.1, -0.05) is 25.1 Å². The van der Waals surface area contributed by atoms with Crippen LogP contribution in [0.3, 0.4) is 0 Å². The Labute approximate surface area is 90.4 Å². The molecular weight excluding hydrogens is 209 g/mol. The van der Waals surface area contributed by atoms with Crippen LogP contribution in [-0.2, 0) is 0 Å². The maximum atomic E-state index is 7.88. The third-order valence-corrected chi connectivity index (χ3v) is 1.32. The first kappa shape index (κ1) is 15.1. The zero-order chi connectivity index (χ0) is 9.23. The highest BCUT2D eigenvalue weighted by molar-refractivity contribution is 6.23. The van der Waals surface area contributed by atoms with E-state index < -0.39 is 0 Å². The van der Waals surface area contributed by atoms with Crippen molar-refractivity contribution >= 4 is 29.9 Å². The lowest BCUT2D eigenvalue weighted by molar-refractivity contribution is 0.295. The molecule has 4 heteroatoms. The monoisotopic (exact) mass is 223 g/mol. The third kappa shape index (κ3) is 9.47. The number of aliphatic hydroxyl groups excluding tert-OH is 1. The van der Waals surface area contributed by atoms with Crippen molar-refractivity contribution in [1.29, 1.82) is 0 Å². The van der Waals surface area contributed by atoms with Crippen LogP contribution in [-0.4, -0.2) is 11.7 Å².